The van der Waals surface area contributed by atoms with E-state index < -0.39 is 0 Å². The van der Waals surface area contributed by atoms with Gasteiger partial charge < -0.3 is 14.8 Å². The minimum Gasteiger partial charge on any atom is -0.497 e. The van der Waals surface area contributed by atoms with E-state index >= 15 is 0 Å². The molecular formula is C15H17Cl2NO2S. The van der Waals surface area contributed by atoms with Crippen molar-refractivity contribution in [2.75, 3.05) is 20.8 Å². The molecule has 114 valence electrons. The van der Waals surface area contributed by atoms with Gasteiger partial charge in [0.1, 0.15) is 11.5 Å². The fourth-order valence-corrected chi connectivity index (χ4v) is 3.73. The van der Waals surface area contributed by atoms with Crippen LogP contribution in [0.3, 0.4) is 0 Å². The van der Waals surface area contributed by atoms with E-state index in [1.807, 2.05) is 31.2 Å². The lowest BCUT2D eigenvalue weighted by atomic mass is 10.00. The van der Waals surface area contributed by atoms with E-state index in [2.05, 4.69) is 5.32 Å². The second-order valence-electron chi connectivity index (χ2n) is 4.38. The molecule has 0 aliphatic heterocycles. The highest BCUT2D eigenvalue weighted by molar-refractivity contribution is 7.20. The van der Waals surface area contributed by atoms with Gasteiger partial charge in [0.05, 0.1) is 28.9 Å². The average Bonchev–Trinajstić information content (AvgIpc) is 2.82. The molecular weight excluding hydrogens is 329 g/mol. The maximum atomic E-state index is 6.31. The molecule has 1 atom stereocenters. The van der Waals surface area contributed by atoms with Gasteiger partial charge in [-0.05, 0) is 24.7 Å². The minimum absolute atomic E-state index is 0.0768. The molecule has 0 saturated carbocycles. The fraction of sp³-hybridized carbons (Fsp3) is 0.333. The van der Waals surface area contributed by atoms with Crippen molar-refractivity contribution in [3.05, 3.63) is 44.1 Å². The van der Waals surface area contributed by atoms with Gasteiger partial charge >= 0.3 is 0 Å². The highest BCUT2D eigenvalue weighted by Gasteiger charge is 2.22. The Labute approximate surface area is 138 Å². The minimum atomic E-state index is -0.0768. The molecule has 0 aliphatic rings. The summed E-state index contributed by atoms with van der Waals surface area (Å²) in [5.41, 5.74) is 1.95. The maximum absolute atomic E-state index is 6.31. The first-order valence-electron chi connectivity index (χ1n) is 6.50. The smallest absolute Gasteiger partial charge is 0.127 e. The first-order valence-corrected chi connectivity index (χ1v) is 8.08. The number of hydrogen-bond acceptors (Lipinski definition) is 4. The number of rotatable bonds is 6. The SMILES string of the molecule is CCNC(c1ccc(OC)cc1OC)c1cc(Cl)sc1Cl. The molecule has 3 nitrogen and oxygen atoms in total. The van der Waals surface area contributed by atoms with Crippen LogP contribution < -0.4 is 14.8 Å². The first-order chi connectivity index (χ1) is 10.1. The normalized spacial score (nSPS) is 12.2. The molecule has 0 amide bonds. The van der Waals surface area contributed by atoms with E-state index in [1.54, 1.807) is 14.2 Å². The molecule has 1 heterocycles. The van der Waals surface area contributed by atoms with Crippen molar-refractivity contribution in [3.63, 3.8) is 0 Å². The van der Waals surface area contributed by atoms with Gasteiger partial charge in [0.15, 0.2) is 0 Å². The number of nitrogens with one attached hydrogen (secondary N) is 1. The molecule has 1 aromatic carbocycles. The van der Waals surface area contributed by atoms with Gasteiger partial charge in [-0.25, -0.2) is 0 Å². The van der Waals surface area contributed by atoms with Crippen molar-refractivity contribution in [1.82, 2.24) is 5.32 Å². The summed E-state index contributed by atoms with van der Waals surface area (Å²) in [5.74, 6) is 1.50. The second kappa shape index (κ2) is 7.36. The molecule has 2 aromatic rings. The standard InChI is InChI=1S/C15H17Cl2NO2S/c1-4-18-14(11-8-13(16)21-15(11)17)10-6-5-9(19-2)7-12(10)20-3/h5-8,14,18H,4H2,1-3H3. The van der Waals surface area contributed by atoms with Crippen LogP contribution in [0.5, 0.6) is 11.5 Å². The number of halogens is 2. The summed E-state index contributed by atoms with van der Waals surface area (Å²) >= 11 is 13.7. The Bertz CT molecular complexity index is 616. The van der Waals surface area contributed by atoms with Crippen molar-refractivity contribution in [2.24, 2.45) is 0 Å². The van der Waals surface area contributed by atoms with Crippen LogP contribution in [0.25, 0.3) is 0 Å². The first kappa shape index (κ1) is 16.4. The van der Waals surface area contributed by atoms with Crippen LogP contribution in [-0.2, 0) is 0 Å². The van der Waals surface area contributed by atoms with Crippen LogP contribution in [0.4, 0.5) is 0 Å². The largest absolute Gasteiger partial charge is 0.497 e. The van der Waals surface area contributed by atoms with Gasteiger partial charge in [-0.2, -0.15) is 0 Å². The van der Waals surface area contributed by atoms with E-state index in [1.165, 1.54) is 11.3 Å². The fourth-order valence-electron chi connectivity index (χ4n) is 2.20. The lowest BCUT2D eigenvalue weighted by molar-refractivity contribution is 0.387. The van der Waals surface area contributed by atoms with Crippen LogP contribution in [0.1, 0.15) is 24.1 Å². The highest BCUT2D eigenvalue weighted by Crippen LogP contribution is 2.40. The Kier molecular flexibility index (Phi) is 5.76. The van der Waals surface area contributed by atoms with Gasteiger partial charge in [-0.15, -0.1) is 11.3 Å². The van der Waals surface area contributed by atoms with Crippen molar-refractivity contribution in [1.29, 1.82) is 0 Å². The molecule has 1 aromatic heterocycles. The van der Waals surface area contributed by atoms with Crippen LogP contribution in [0.2, 0.25) is 8.67 Å². The summed E-state index contributed by atoms with van der Waals surface area (Å²) in [6.07, 6.45) is 0. The molecule has 0 saturated heterocycles. The lowest BCUT2D eigenvalue weighted by Gasteiger charge is -2.21. The zero-order chi connectivity index (χ0) is 15.4. The molecule has 0 radical (unpaired) electrons. The summed E-state index contributed by atoms with van der Waals surface area (Å²) in [4.78, 5) is 0. The topological polar surface area (TPSA) is 30.5 Å². The summed E-state index contributed by atoms with van der Waals surface area (Å²) in [6.45, 7) is 2.84. The predicted octanol–water partition coefficient (Wildman–Crippen LogP) is 4.77. The summed E-state index contributed by atoms with van der Waals surface area (Å²) < 4.78 is 12.1. The van der Waals surface area contributed by atoms with Crippen LogP contribution in [0, 0.1) is 0 Å². The van der Waals surface area contributed by atoms with E-state index in [-0.39, 0.29) is 6.04 Å². The van der Waals surface area contributed by atoms with Crippen molar-refractivity contribution in [2.45, 2.75) is 13.0 Å². The zero-order valence-electron chi connectivity index (χ0n) is 12.1. The molecule has 0 fully saturated rings. The van der Waals surface area contributed by atoms with Crippen molar-refractivity contribution in [3.8, 4) is 11.5 Å². The Morgan fingerprint density at radius 3 is 2.43 bits per heavy atom. The third-order valence-electron chi connectivity index (χ3n) is 3.15. The van der Waals surface area contributed by atoms with E-state index in [9.17, 15) is 0 Å². The molecule has 0 aliphatic carbocycles. The zero-order valence-corrected chi connectivity index (χ0v) is 14.4. The summed E-state index contributed by atoms with van der Waals surface area (Å²) in [6, 6.07) is 7.57. The molecule has 21 heavy (non-hydrogen) atoms. The number of thiophene rings is 1. The Balaban J connectivity index is 2.50. The van der Waals surface area contributed by atoms with Gasteiger partial charge in [-0.3, -0.25) is 0 Å². The van der Waals surface area contributed by atoms with Crippen LogP contribution in [-0.4, -0.2) is 20.8 Å². The third-order valence-corrected chi connectivity index (χ3v) is 4.67. The van der Waals surface area contributed by atoms with Crippen LogP contribution in [0.15, 0.2) is 24.3 Å². The van der Waals surface area contributed by atoms with Crippen LogP contribution >= 0.6 is 34.5 Å². The molecule has 0 bridgehead atoms. The van der Waals surface area contributed by atoms with Crippen molar-refractivity contribution >= 4 is 34.5 Å². The lowest BCUT2D eigenvalue weighted by Crippen LogP contribution is -2.22. The third kappa shape index (κ3) is 3.64. The monoisotopic (exact) mass is 345 g/mol. The quantitative estimate of drug-likeness (QED) is 0.817. The Morgan fingerprint density at radius 1 is 1.14 bits per heavy atom. The van der Waals surface area contributed by atoms with E-state index in [0.717, 1.165) is 29.2 Å². The van der Waals surface area contributed by atoms with Gasteiger partial charge in [0.25, 0.3) is 0 Å². The van der Waals surface area contributed by atoms with E-state index in [4.69, 9.17) is 32.7 Å². The number of ether oxygens (including phenoxy) is 2. The number of benzene rings is 1. The average molecular weight is 346 g/mol. The van der Waals surface area contributed by atoms with Gasteiger partial charge in [0, 0.05) is 17.2 Å². The van der Waals surface area contributed by atoms with Crippen molar-refractivity contribution < 1.29 is 9.47 Å². The predicted molar refractivity (Wildman–Crippen MR) is 89.4 cm³/mol. The molecule has 1 N–H and O–H groups in total. The highest BCUT2D eigenvalue weighted by atomic mass is 35.5. The summed E-state index contributed by atoms with van der Waals surface area (Å²) in [7, 11) is 3.27. The number of hydrogen-bond donors (Lipinski definition) is 1. The van der Waals surface area contributed by atoms with Gasteiger partial charge in [0.2, 0.25) is 0 Å². The second-order valence-corrected chi connectivity index (χ2v) is 6.66. The molecule has 1 unspecified atom stereocenters. The molecule has 2 rings (SSSR count). The Morgan fingerprint density at radius 2 is 1.90 bits per heavy atom. The number of methoxy groups -OCH3 is 2. The van der Waals surface area contributed by atoms with E-state index in [0.29, 0.717) is 8.67 Å². The maximum Gasteiger partial charge on any atom is 0.127 e. The summed E-state index contributed by atoms with van der Waals surface area (Å²) in [5, 5.41) is 3.42. The Hall–Kier alpha value is -0.940. The molecule has 6 heteroatoms. The van der Waals surface area contributed by atoms with Gasteiger partial charge in [-0.1, -0.05) is 30.1 Å². The molecule has 0 spiro atoms.